The number of carbonyl (C=O) groups is 3. The lowest BCUT2D eigenvalue weighted by atomic mass is 10.1. The third-order valence-corrected chi connectivity index (χ3v) is 4.22. The molecule has 0 saturated carbocycles. The Hall–Kier alpha value is -3.65. The molecule has 0 spiro atoms. The molecule has 1 atom stereocenters. The minimum Gasteiger partial charge on any atom is -0.449 e. The molecular weight excluding hydrogens is 396 g/mol. The fraction of sp³-hybridized carbons (Fsp3) is 0.100. The number of halogens is 1. The molecule has 0 aliphatic carbocycles. The number of ether oxygens (including phenoxy) is 1. The predicted molar refractivity (Wildman–Crippen MR) is 107 cm³/mol. The number of carbonyl (C=O) groups excluding carboxylic acids is 3. The zero-order chi connectivity index (χ0) is 21.0. The van der Waals surface area contributed by atoms with Crippen LogP contribution < -0.4 is 11.1 Å². The third kappa shape index (κ3) is 4.80. The van der Waals surface area contributed by atoms with Gasteiger partial charge in [0.25, 0.3) is 5.91 Å². The number of nitrogens with one attached hydrogen (secondary N) is 1. The number of esters is 1. The molecule has 148 valence electrons. The van der Waals surface area contributed by atoms with Crippen molar-refractivity contribution < 1.29 is 19.1 Å². The standard InChI is InChI=1S/C20H17ClN4O4/c1-12(18(26)23-20(22)28)29-19(27)16-11-25(15-5-3-2-4-6-15)24-17(16)13-7-9-14(21)10-8-13/h2-12H,1H3,(H3,22,23,26,28)/t12-/m0/s1. The summed E-state index contributed by atoms with van der Waals surface area (Å²) in [6, 6.07) is 15.0. The summed E-state index contributed by atoms with van der Waals surface area (Å²) in [7, 11) is 0. The molecule has 29 heavy (non-hydrogen) atoms. The van der Waals surface area contributed by atoms with E-state index in [1.54, 1.807) is 24.3 Å². The largest absolute Gasteiger partial charge is 0.449 e. The van der Waals surface area contributed by atoms with Gasteiger partial charge in [-0.15, -0.1) is 0 Å². The van der Waals surface area contributed by atoms with Crippen molar-refractivity contribution in [2.24, 2.45) is 5.73 Å². The molecule has 3 aromatic rings. The smallest absolute Gasteiger partial charge is 0.342 e. The van der Waals surface area contributed by atoms with Crippen molar-refractivity contribution >= 4 is 29.5 Å². The summed E-state index contributed by atoms with van der Waals surface area (Å²) >= 11 is 5.95. The first-order valence-corrected chi connectivity index (χ1v) is 8.95. The Morgan fingerprint density at radius 2 is 1.76 bits per heavy atom. The van der Waals surface area contributed by atoms with Gasteiger partial charge in [0, 0.05) is 16.8 Å². The summed E-state index contributed by atoms with van der Waals surface area (Å²) < 4.78 is 6.73. The van der Waals surface area contributed by atoms with E-state index in [0.717, 1.165) is 5.69 Å². The van der Waals surface area contributed by atoms with Crippen LogP contribution in [0.4, 0.5) is 4.79 Å². The van der Waals surface area contributed by atoms with Gasteiger partial charge in [-0.05, 0) is 31.2 Å². The van der Waals surface area contributed by atoms with E-state index in [1.807, 2.05) is 35.6 Å². The lowest BCUT2D eigenvalue weighted by molar-refractivity contribution is -0.127. The van der Waals surface area contributed by atoms with Crippen molar-refractivity contribution in [3.05, 3.63) is 71.4 Å². The third-order valence-electron chi connectivity index (χ3n) is 3.97. The summed E-state index contributed by atoms with van der Waals surface area (Å²) in [6.45, 7) is 1.33. The average Bonchev–Trinajstić information content (AvgIpc) is 3.14. The summed E-state index contributed by atoms with van der Waals surface area (Å²) in [5.41, 5.74) is 6.81. The second-order valence-electron chi connectivity index (χ2n) is 6.08. The van der Waals surface area contributed by atoms with Gasteiger partial charge < -0.3 is 10.5 Å². The highest BCUT2D eigenvalue weighted by atomic mass is 35.5. The molecule has 3 amide bonds. The van der Waals surface area contributed by atoms with Gasteiger partial charge in [-0.25, -0.2) is 14.3 Å². The first-order valence-electron chi connectivity index (χ1n) is 8.57. The molecule has 0 bridgehead atoms. The van der Waals surface area contributed by atoms with Crippen molar-refractivity contribution in [1.82, 2.24) is 15.1 Å². The van der Waals surface area contributed by atoms with Gasteiger partial charge in [0.1, 0.15) is 11.3 Å². The number of amides is 3. The number of nitrogens with zero attached hydrogens (tertiary/aromatic N) is 2. The van der Waals surface area contributed by atoms with E-state index in [9.17, 15) is 14.4 Å². The topological polar surface area (TPSA) is 116 Å². The van der Waals surface area contributed by atoms with E-state index in [-0.39, 0.29) is 5.56 Å². The molecule has 1 heterocycles. The zero-order valence-electron chi connectivity index (χ0n) is 15.3. The molecule has 0 saturated heterocycles. The Balaban J connectivity index is 1.96. The predicted octanol–water partition coefficient (Wildman–Crippen LogP) is 2.93. The van der Waals surface area contributed by atoms with Gasteiger partial charge in [-0.2, -0.15) is 5.10 Å². The van der Waals surface area contributed by atoms with E-state index < -0.39 is 24.0 Å². The van der Waals surface area contributed by atoms with Crippen LogP contribution in [-0.2, 0) is 9.53 Å². The van der Waals surface area contributed by atoms with Crippen LogP contribution in [0, 0.1) is 0 Å². The van der Waals surface area contributed by atoms with Crippen molar-refractivity contribution in [3.63, 3.8) is 0 Å². The summed E-state index contributed by atoms with van der Waals surface area (Å²) in [5, 5.41) is 6.91. The van der Waals surface area contributed by atoms with Crippen LogP contribution in [0.5, 0.6) is 0 Å². The van der Waals surface area contributed by atoms with Gasteiger partial charge in [-0.3, -0.25) is 10.1 Å². The minimum atomic E-state index is -1.23. The van der Waals surface area contributed by atoms with Gasteiger partial charge in [0.2, 0.25) is 0 Å². The summed E-state index contributed by atoms with van der Waals surface area (Å²) in [4.78, 5) is 35.4. The van der Waals surface area contributed by atoms with Gasteiger partial charge in [0.15, 0.2) is 6.10 Å². The van der Waals surface area contributed by atoms with Crippen molar-refractivity contribution in [2.75, 3.05) is 0 Å². The van der Waals surface area contributed by atoms with Crippen LogP contribution in [-0.4, -0.2) is 33.8 Å². The highest BCUT2D eigenvalue weighted by molar-refractivity contribution is 6.30. The van der Waals surface area contributed by atoms with Crippen molar-refractivity contribution in [3.8, 4) is 16.9 Å². The highest BCUT2D eigenvalue weighted by Gasteiger charge is 2.25. The lowest BCUT2D eigenvalue weighted by Crippen LogP contribution is -2.42. The molecule has 8 nitrogen and oxygen atoms in total. The monoisotopic (exact) mass is 412 g/mol. The van der Waals surface area contributed by atoms with E-state index in [4.69, 9.17) is 22.1 Å². The lowest BCUT2D eigenvalue weighted by Gasteiger charge is -2.11. The van der Waals surface area contributed by atoms with E-state index in [0.29, 0.717) is 16.3 Å². The number of hydrogen-bond donors (Lipinski definition) is 2. The van der Waals surface area contributed by atoms with Crippen molar-refractivity contribution in [2.45, 2.75) is 13.0 Å². The SMILES string of the molecule is C[C@H](OC(=O)c1cn(-c2ccccc2)nc1-c1ccc(Cl)cc1)C(=O)NC(N)=O. The number of benzene rings is 2. The maximum absolute atomic E-state index is 12.8. The van der Waals surface area contributed by atoms with Crippen LogP contribution in [0.2, 0.25) is 5.02 Å². The summed E-state index contributed by atoms with van der Waals surface area (Å²) in [5.74, 6) is -1.60. The van der Waals surface area contributed by atoms with Crippen LogP contribution in [0.25, 0.3) is 16.9 Å². The Kier molecular flexibility index (Phi) is 5.94. The fourth-order valence-corrected chi connectivity index (χ4v) is 2.68. The normalized spacial score (nSPS) is 11.5. The van der Waals surface area contributed by atoms with Crippen LogP contribution >= 0.6 is 11.6 Å². The van der Waals surface area contributed by atoms with Gasteiger partial charge in [0.05, 0.1) is 5.69 Å². The quantitative estimate of drug-likeness (QED) is 0.625. The number of para-hydroxylation sites is 1. The Labute approximate surface area is 171 Å². The Morgan fingerprint density at radius 3 is 2.38 bits per heavy atom. The molecule has 0 fully saturated rings. The first-order chi connectivity index (χ1) is 13.8. The molecule has 3 rings (SSSR count). The van der Waals surface area contributed by atoms with Crippen molar-refractivity contribution in [1.29, 1.82) is 0 Å². The zero-order valence-corrected chi connectivity index (χ0v) is 16.1. The number of imide groups is 1. The minimum absolute atomic E-state index is 0.148. The number of urea groups is 1. The fourth-order valence-electron chi connectivity index (χ4n) is 2.56. The highest BCUT2D eigenvalue weighted by Crippen LogP contribution is 2.26. The molecule has 0 aliphatic rings. The summed E-state index contributed by atoms with van der Waals surface area (Å²) in [6.07, 6.45) is 0.286. The number of primary amides is 1. The molecular formula is C20H17ClN4O4. The maximum atomic E-state index is 12.8. The van der Waals surface area contributed by atoms with Gasteiger partial charge in [-0.1, -0.05) is 41.9 Å². The van der Waals surface area contributed by atoms with E-state index in [1.165, 1.54) is 17.8 Å². The van der Waals surface area contributed by atoms with E-state index in [2.05, 4.69) is 5.10 Å². The van der Waals surface area contributed by atoms with Gasteiger partial charge >= 0.3 is 12.0 Å². The molecule has 3 N–H and O–H groups in total. The molecule has 9 heteroatoms. The molecule has 0 aliphatic heterocycles. The molecule has 2 aromatic carbocycles. The van der Waals surface area contributed by atoms with Crippen LogP contribution in [0.1, 0.15) is 17.3 Å². The molecule has 1 aromatic heterocycles. The Bertz CT molecular complexity index is 1050. The number of hydrogen-bond acceptors (Lipinski definition) is 5. The van der Waals surface area contributed by atoms with Crippen LogP contribution in [0.15, 0.2) is 60.8 Å². The number of aromatic nitrogens is 2. The van der Waals surface area contributed by atoms with Crippen LogP contribution in [0.3, 0.4) is 0 Å². The molecule has 0 radical (unpaired) electrons. The Morgan fingerprint density at radius 1 is 1.10 bits per heavy atom. The second kappa shape index (κ2) is 8.57. The van der Waals surface area contributed by atoms with E-state index >= 15 is 0 Å². The average molecular weight is 413 g/mol. The number of rotatable bonds is 5. The first kappa shape index (κ1) is 20.1. The molecule has 0 unspecified atom stereocenters. The number of nitrogens with two attached hydrogens (primary N) is 1. The second-order valence-corrected chi connectivity index (χ2v) is 6.52. The maximum Gasteiger partial charge on any atom is 0.342 e.